The number of carbonyl (C=O) groups is 1. The Labute approximate surface area is 166 Å². The minimum atomic E-state index is -3.82. The zero-order valence-electron chi connectivity index (χ0n) is 14.0. The first-order valence-corrected chi connectivity index (χ1v) is 10.1. The van der Waals surface area contributed by atoms with Gasteiger partial charge in [0.15, 0.2) is 0 Å². The molecule has 27 heavy (non-hydrogen) atoms. The van der Waals surface area contributed by atoms with E-state index in [1.54, 1.807) is 12.1 Å². The minimum Gasteiger partial charge on any atom is -0.335 e. The largest absolute Gasteiger partial charge is 0.335 e. The van der Waals surface area contributed by atoms with E-state index in [0.29, 0.717) is 0 Å². The SMILES string of the molecule is N#Cc1ccccc1S(=O)(=O)N1CCN(C(=O)c2nc(Cl)ccc2Cl)CC1. The molecule has 1 fully saturated rings. The first-order valence-electron chi connectivity index (χ1n) is 7.95. The number of hydrogen-bond acceptors (Lipinski definition) is 5. The van der Waals surface area contributed by atoms with E-state index >= 15 is 0 Å². The predicted octanol–water partition coefficient (Wildman–Crippen LogP) is 2.41. The lowest BCUT2D eigenvalue weighted by atomic mass is 10.2. The van der Waals surface area contributed by atoms with Crippen molar-refractivity contribution in [3.05, 3.63) is 57.8 Å². The Kier molecular flexibility index (Phi) is 5.67. The molecule has 1 amide bonds. The molecule has 2 aromatic rings. The number of nitrogens with zero attached hydrogens (tertiary/aromatic N) is 4. The smallest absolute Gasteiger partial charge is 0.274 e. The summed E-state index contributed by atoms with van der Waals surface area (Å²) in [5.74, 6) is -0.406. The van der Waals surface area contributed by atoms with E-state index in [-0.39, 0.29) is 52.5 Å². The Morgan fingerprint density at radius 3 is 2.41 bits per heavy atom. The number of pyridine rings is 1. The van der Waals surface area contributed by atoms with E-state index in [4.69, 9.17) is 28.5 Å². The highest BCUT2D eigenvalue weighted by Gasteiger charge is 2.32. The van der Waals surface area contributed by atoms with E-state index in [1.807, 2.05) is 6.07 Å². The molecule has 1 aromatic heterocycles. The number of sulfonamides is 1. The van der Waals surface area contributed by atoms with Crippen molar-refractivity contribution in [2.24, 2.45) is 0 Å². The molecule has 10 heteroatoms. The van der Waals surface area contributed by atoms with Gasteiger partial charge in [0.25, 0.3) is 5.91 Å². The van der Waals surface area contributed by atoms with Crippen molar-refractivity contribution in [2.45, 2.75) is 4.90 Å². The lowest BCUT2D eigenvalue weighted by molar-refractivity contribution is 0.0692. The molecule has 1 aliphatic rings. The van der Waals surface area contributed by atoms with E-state index in [0.717, 1.165) is 0 Å². The zero-order chi connectivity index (χ0) is 19.6. The Bertz CT molecular complexity index is 1030. The molecule has 0 radical (unpaired) electrons. The monoisotopic (exact) mass is 424 g/mol. The summed E-state index contributed by atoms with van der Waals surface area (Å²) in [4.78, 5) is 18.0. The van der Waals surface area contributed by atoms with Crippen molar-refractivity contribution < 1.29 is 13.2 Å². The molecule has 3 rings (SSSR count). The van der Waals surface area contributed by atoms with Crippen molar-refractivity contribution >= 4 is 39.1 Å². The van der Waals surface area contributed by atoms with Crippen LogP contribution >= 0.6 is 23.2 Å². The van der Waals surface area contributed by atoms with Crippen molar-refractivity contribution in [1.29, 1.82) is 5.26 Å². The lowest BCUT2D eigenvalue weighted by Crippen LogP contribution is -2.50. The molecule has 140 valence electrons. The number of halogens is 2. The molecule has 7 nitrogen and oxygen atoms in total. The Morgan fingerprint density at radius 1 is 1.07 bits per heavy atom. The van der Waals surface area contributed by atoms with Crippen LogP contribution in [0.15, 0.2) is 41.3 Å². The number of benzene rings is 1. The van der Waals surface area contributed by atoms with Crippen LogP contribution < -0.4 is 0 Å². The number of amides is 1. The van der Waals surface area contributed by atoms with E-state index < -0.39 is 15.9 Å². The maximum absolute atomic E-state index is 12.8. The number of nitriles is 1. The van der Waals surface area contributed by atoms with Gasteiger partial charge < -0.3 is 4.90 Å². The average Bonchev–Trinajstić information content (AvgIpc) is 2.69. The Morgan fingerprint density at radius 2 is 1.74 bits per heavy atom. The van der Waals surface area contributed by atoms with Crippen LogP contribution in [-0.4, -0.2) is 54.7 Å². The highest BCUT2D eigenvalue weighted by Crippen LogP contribution is 2.23. The summed E-state index contributed by atoms with van der Waals surface area (Å²) < 4.78 is 26.9. The number of hydrogen-bond donors (Lipinski definition) is 0. The summed E-state index contributed by atoms with van der Waals surface area (Å²) in [5, 5.41) is 9.49. The summed E-state index contributed by atoms with van der Waals surface area (Å²) in [5.41, 5.74) is 0.126. The third-order valence-corrected chi connectivity index (χ3v) is 6.64. The van der Waals surface area contributed by atoms with Gasteiger partial charge in [0.05, 0.1) is 15.5 Å². The van der Waals surface area contributed by atoms with Crippen LogP contribution in [0, 0.1) is 11.3 Å². The number of piperazine rings is 1. The van der Waals surface area contributed by atoms with Crippen LogP contribution in [0.3, 0.4) is 0 Å². The summed E-state index contributed by atoms with van der Waals surface area (Å²) in [7, 11) is -3.82. The molecule has 0 aliphatic carbocycles. The second-order valence-corrected chi connectivity index (χ2v) is 8.47. The van der Waals surface area contributed by atoms with E-state index in [9.17, 15) is 13.2 Å². The third kappa shape index (κ3) is 3.92. The molecule has 1 saturated heterocycles. The first-order chi connectivity index (χ1) is 12.8. The fourth-order valence-corrected chi connectivity index (χ4v) is 4.67. The molecule has 0 bridgehead atoms. The quantitative estimate of drug-likeness (QED) is 0.704. The van der Waals surface area contributed by atoms with Crippen molar-refractivity contribution in [1.82, 2.24) is 14.2 Å². The fraction of sp³-hybridized carbons (Fsp3) is 0.235. The van der Waals surface area contributed by atoms with Crippen LogP contribution in [0.2, 0.25) is 10.2 Å². The third-order valence-electron chi connectivity index (χ3n) is 4.17. The van der Waals surface area contributed by atoms with Gasteiger partial charge in [-0.05, 0) is 24.3 Å². The van der Waals surface area contributed by atoms with Crippen molar-refractivity contribution in [3.63, 3.8) is 0 Å². The van der Waals surface area contributed by atoms with Gasteiger partial charge in [-0.2, -0.15) is 9.57 Å². The van der Waals surface area contributed by atoms with Crippen LogP contribution in [0.4, 0.5) is 0 Å². The van der Waals surface area contributed by atoms with Gasteiger partial charge in [-0.15, -0.1) is 0 Å². The van der Waals surface area contributed by atoms with Crippen LogP contribution in [-0.2, 0) is 10.0 Å². The highest BCUT2D eigenvalue weighted by atomic mass is 35.5. The molecule has 0 unspecified atom stereocenters. The van der Waals surface area contributed by atoms with Gasteiger partial charge >= 0.3 is 0 Å². The summed E-state index contributed by atoms with van der Waals surface area (Å²) in [6.45, 7) is 0.562. The first kappa shape index (κ1) is 19.6. The second kappa shape index (κ2) is 7.82. The van der Waals surface area contributed by atoms with E-state index in [2.05, 4.69) is 4.98 Å². The predicted molar refractivity (Wildman–Crippen MR) is 100 cm³/mol. The van der Waals surface area contributed by atoms with Crippen LogP contribution in [0.25, 0.3) is 0 Å². The maximum Gasteiger partial charge on any atom is 0.274 e. The van der Waals surface area contributed by atoms with Gasteiger partial charge in [0, 0.05) is 26.2 Å². The van der Waals surface area contributed by atoms with Crippen molar-refractivity contribution in [3.8, 4) is 6.07 Å². The number of rotatable bonds is 3. The topological polar surface area (TPSA) is 94.4 Å². The molecular formula is C17H14Cl2N4O3S. The van der Waals surface area contributed by atoms with Crippen LogP contribution in [0.1, 0.15) is 16.1 Å². The second-order valence-electron chi connectivity index (χ2n) is 5.77. The van der Waals surface area contributed by atoms with Gasteiger partial charge in [-0.25, -0.2) is 13.4 Å². The zero-order valence-corrected chi connectivity index (χ0v) is 16.3. The molecule has 0 atom stereocenters. The Hall–Kier alpha value is -2.18. The van der Waals surface area contributed by atoms with Gasteiger partial charge in [-0.1, -0.05) is 35.3 Å². The number of aromatic nitrogens is 1. The molecule has 0 N–H and O–H groups in total. The highest BCUT2D eigenvalue weighted by molar-refractivity contribution is 7.89. The molecule has 0 saturated carbocycles. The standard InChI is InChI=1S/C17H14Cl2N4O3S/c18-13-5-6-15(19)21-16(13)17(24)22-7-9-23(10-8-22)27(25,26)14-4-2-1-3-12(14)11-20/h1-6H,7-10H2. The molecular weight excluding hydrogens is 411 g/mol. The van der Waals surface area contributed by atoms with Gasteiger partial charge in [-0.3, -0.25) is 4.79 Å². The molecule has 2 heterocycles. The molecule has 1 aromatic carbocycles. The lowest BCUT2D eigenvalue weighted by Gasteiger charge is -2.34. The van der Waals surface area contributed by atoms with Gasteiger partial charge in [0.2, 0.25) is 10.0 Å². The molecule has 0 spiro atoms. The summed E-state index contributed by atoms with van der Waals surface area (Å²) in [6.07, 6.45) is 0. The number of carbonyl (C=O) groups excluding carboxylic acids is 1. The Balaban J connectivity index is 1.76. The average molecular weight is 425 g/mol. The molecule has 1 aliphatic heterocycles. The van der Waals surface area contributed by atoms with E-state index in [1.165, 1.54) is 33.5 Å². The minimum absolute atomic E-state index is 0.0353. The maximum atomic E-state index is 12.8. The normalized spacial score (nSPS) is 15.4. The van der Waals surface area contributed by atoms with Crippen LogP contribution in [0.5, 0.6) is 0 Å². The summed E-state index contributed by atoms with van der Waals surface area (Å²) in [6, 6.07) is 10.9. The fourth-order valence-electron chi connectivity index (χ4n) is 2.77. The van der Waals surface area contributed by atoms with Gasteiger partial charge in [0.1, 0.15) is 16.9 Å². The summed E-state index contributed by atoms with van der Waals surface area (Å²) >= 11 is 11.8. The van der Waals surface area contributed by atoms with Crippen molar-refractivity contribution in [2.75, 3.05) is 26.2 Å².